The molecule has 0 N–H and O–H groups in total. The molecule has 0 unspecified atom stereocenters. The number of carbonyl (C=O) groups is 1. The van der Waals surface area contributed by atoms with Crippen molar-refractivity contribution in [2.45, 2.75) is 58.6 Å². The Kier molecular flexibility index (Phi) is 6.80. The monoisotopic (exact) mass is 453 g/mol. The van der Waals surface area contributed by atoms with E-state index in [1.807, 2.05) is 51.1 Å². The molecule has 0 bridgehead atoms. The standard InChI is InChI=1S/C25H28ClN3O3/c1-4-29-24(15-19(30)13-17-11-12-31-22-8-6-5-7-20(17)22)27-25(28-29)18-9-10-21(26)23(14-18)32-16(2)3/h5-10,14,16-17H,4,11-13,15H2,1-3H3/t17-/m1/s1. The number of aromatic nitrogens is 3. The van der Waals surface area contributed by atoms with E-state index in [0.29, 0.717) is 42.0 Å². The first-order valence-corrected chi connectivity index (χ1v) is 11.5. The molecule has 6 nitrogen and oxygen atoms in total. The molecule has 0 aliphatic carbocycles. The van der Waals surface area contributed by atoms with Crippen LogP contribution in [0.25, 0.3) is 11.4 Å². The Labute approximate surface area is 193 Å². The van der Waals surface area contributed by atoms with Crippen LogP contribution >= 0.6 is 11.6 Å². The largest absolute Gasteiger partial charge is 0.493 e. The Balaban J connectivity index is 1.51. The van der Waals surface area contributed by atoms with Gasteiger partial charge in [0.15, 0.2) is 5.82 Å². The van der Waals surface area contributed by atoms with Crippen LogP contribution in [0.3, 0.4) is 0 Å². The van der Waals surface area contributed by atoms with Gasteiger partial charge in [0.05, 0.1) is 24.2 Å². The van der Waals surface area contributed by atoms with Gasteiger partial charge < -0.3 is 9.47 Å². The van der Waals surface area contributed by atoms with Crippen molar-refractivity contribution >= 4 is 17.4 Å². The number of carbonyl (C=O) groups excluding carboxylic acids is 1. The molecule has 1 atom stereocenters. The molecule has 4 rings (SSSR count). The van der Waals surface area contributed by atoms with Crippen LogP contribution in [-0.2, 0) is 17.8 Å². The van der Waals surface area contributed by atoms with Crippen LogP contribution in [0.2, 0.25) is 5.02 Å². The fraction of sp³-hybridized carbons (Fsp3) is 0.400. The van der Waals surface area contributed by atoms with E-state index in [1.165, 1.54) is 0 Å². The molecule has 2 heterocycles. The number of halogens is 1. The molecule has 3 aromatic rings. The van der Waals surface area contributed by atoms with E-state index >= 15 is 0 Å². The van der Waals surface area contributed by atoms with Crippen molar-refractivity contribution in [3.8, 4) is 22.9 Å². The van der Waals surface area contributed by atoms with Gasteiger partial charge in [-0.25, -0.2) is 9.67 Å². The predicted molar refractivity (Wildman–Crippen MR) is 125 cm³/mol. The first kappa shape index (κ1) is 22.3. The van der Waals surface area contributed by atoms with Crippen molar-refractivity contribution in [1.82, 2.24) is 14.8 Å². The first-order valence-electron chi connectivity index (χ1n) is 11.1. The maximum Gasteiger partial charge on any atom is 0.181 e. The van der Waals surface area contributed by atoms with Gasteiger partial charge >= 0.3 is 0 Å². The molecule has 0 spiro atoms. The van der Waals surface area contributed by atoms with E-state index in [9.17, 15) is 4.79 Å². The topological polar surface area (TPSA) is 66.2 Å². The number of fused-ring (bicyclic) bond motifs is 1. The lowest BCUT2D eigenvalue weighted by Gasteiger charge is -2.25. The van der Waals surface area contributed by atoms with Crippen LogP contribution in [0.4, 0.5) is 0 Å². The quantitative estimate of drug-likeness (QED) is 0.452. The zero-order chi connectivity index (χ0) is 22.7. The van der Waals surface area contributed by atoms with Crippen LogP contribution in [-0.4, -0.2) is 33.3 Å². The Morgan fingerprint density at radius 3 is 2.88 bits per heavy atom. The SMILES string of the molecule is CCn1nc(-c2ccc(Cl)c(OC(C)C)c2)nc1CC(=O)C[C@H]1CCOc2ccccc21. The summed E-state index contributed by atoms with van der Waals surface area (Å²) < 4.78 is 13.3. The van der Waals surface area contributed by atoms with Gasteiger partial charge in [0.2, 0.25) is 0 Å². The molecule has 32 heavy (non-hydrogen) atoms. The average Bonchev–Trinajstić information content (AvgIpc) is 3.18. The molecule has 0 radical (unpaired) electrons. The van der Waals surface area contributed by atoms with Gasteiger partial charge in [-0.15, -0.1) is 0 Å². The highest BCUT2D eigenvalue weighted by atomic mass is 35.5. The van der Waals surface area contributed by atoms with Crippen molar-refractivity contribution in [2.75, 3.05) is 6.61 Å². The highest BCUT2D eigenvalue weighted by Gasteiger charge is 2.24. The third kappa shape index (κ3) is 4.96. The number of ether oxygens (including phenoxy) is 2. The van der Waals surface area contributed by atoms with E-state index in [1.54, 1.807) is 10.7 Å². The van der Waals surface area contributed by atoms with E-state index in [-0.39, 0.29) is 24.2 Å². The second kappa shape index (κ2) is 9.74. The maximum atomic E-state index is 13.0. The van der Waals surface area contributed by atoms with Crippen LogP contribution < -0.4 is 9.47 Å². The number of para-hydroxylation sites is 1. The van der Waals surface area contributed by atoms with Crippen molar-refractivity contribution < 1.29 is 14.3 Å². The molecule has 1 aliphatic rings. The summed E-state index contributed by atoms with van der Waals surface area (Å²) in [7, 11) is 0. The van der Waals surface area contributed by atoms with Gasteiger partial charge in [-0.3, -0.25) is 4.79 Å². The number of rotatable bonds is 8. The maximum absolute atomic E-state index is 13.0. The van der Waals surface area contributed by atoms with Crippen LogP contribution in [0, 0.1) is 0 Å². The third-order valence-corrected chi connectivity index (χ3v) is 5.82. The van der Waals surface area contributed by atoms with Gasteiger partial charge in [-0.05, 0) is 62.9 Å². The number of ketones is 1. The van der Waals surface area contributed by atoms with Crippen LogP contribution in [0.15, 0.2) is 42.5 Å². The fourth-order valence-corrected chi connectivity index (χ4v) is 4.18. The second-order valence-corrected chi connectivity index (χ2v) is 8.68. The van der Waals surface area contributed by atoms with Crippen molar-refractivity contribution in [1.29, 1.82) is 0 Å². The van der Waals surface area contributed by atoms with Gasteiger partial charge in [-0.2, -0.15) is 5.10 Å². The lowest BCUT2D eigenvalue weighted by atomic mass is 9.88. The minimum atomic E-state index is 0.00686. The van der Waals surface area contributed by atoms with E-state index in [4.69, 9.17) is 21.1 Å². The zero-order valence-electron chi connectivity index (χ0n) is 18.7. The third-order valence-electron chi connectivity index (χ3n) is 5.51. The van der Waals surface area contributed by atoms with E-state index in [0.717, 1.165) is 23.3 Å². The van der Waals surface area contributed by atoms with Gasteiger partial charge in [0, 0.05) is 18.5 Å². The molecule has 0 saturated heterocycles. The number of aryl methyl sites for hydroxylation is 1. The summed E-state index contributed by atoms with van der Waals surface area (Å²) >= 11 is 6.26. The summed E-state index contributed by atoms with van der Waals surface area (Å²) in [5.41, 5.74) is 1.92. The summed E-state index contributed by atoms with van der Waals surface area (Å²) in [6.07, 6.45) is 1.58. The number of hydrogen-bond acceptors (Lipinski definition) is 5. The number of benzene rings is 2. The Hall–Kier alpha value is -2.86. The van der Waals surface area contributed by atoms with Gasteiger partial charge in [0.1, 0.15) is 23.1 Å². The molecule has 0 fully saturated rings. The Bertz CT molecular complexity index is 1110. The highest BCUT2D eigenvalue weighted by molar-refractivity contribution is 6.32. The highest BCUT2D eigenvalue weighted by Crippen LogP contribution is 2.36. The zero-order valence-corrected chi connectivity index (χ0v) is 19.4. The fourth-order valence-electron chi connectivity index (χ4n) is 4.02. The smallest absolute Gasteiger partial charge is 0.181 e. The minimum absolute atomic E-state index is 0.00686. The molecule has 0 amide bonds. The van der Waals surface area contributed by atoms with E-state index < -0.39 is 0 Å². The molecule has 1 aromatic heterocycles. The normalized spacial score (nSPS) is 15.3. The van der Waals surface area contributed by atoms with Crippen LogP contribution in [0.1, 0.15) is 50.9 Å². The number of hydrogen-bond donors (Lipinski definition) is 0. The number of nitrogens with zero attached hydrogens (tertiary/aromatic N) is 3. The lowest BCUT2D eigenvalue weighted by molar-refractivity contribution is -0.119. The molecule has 168 valence electrons. The van der Waals surface area contributed by atoms with Crippen LogP contribution in [0.5, 0.6) is 11.5 Å². The molecule has 1 aliphatic heterocycles. The molecular formula is C25H28ClN3O3. The molecule has 2 aromatic carbocycles. The summed E-state index contributed by atoms with van der Waals surface area (Å²) in [6, 6.07) is 13.5. The summed E-state index contributed by atoms with van der Waals surface area (Å²) in [5.74, 6) is 3.06. The van der Waals surface area contributed by atoms with Crippen molar-refractivity contribution in [3.63, 3.8) is 0 Å². The summed E-state index contributed by atoms with van der Waals surface area (Å²) in [5, 5.41) is 5.17. The summed E-state index contributed by atoms with van der Waals surface area (Å²) in [4.78, 5) is 17.7. The number of Topliss-reactive ketones (excluding diaryl/α,β-unsaturated/α-hetero) is 1. The Morgan fingerprint density at radius 1 is 1.28 bits per heavy atom. The van der Waals surface area contributed by atoms with Gasteiger partial charge in [0.25, 0.3) is 0 Å². The molecule has 7 heteroatoms. The van der Waals surface area contributed by atoms with Crippen molar-refractivity contribution in [2.24, 2.45) is 0 Å². The van der Waals surface area contributed by atoms with E-state index in [2.05, 4.69) is 16.1 Å². The molecule has 0 saturated carbocycles. The first-order chi connectivity index (χ1) is 15.4. The summed E-state index contributed by atoms with van der Waals surface area (Å²) in [6.45, 7) is 7.18. The van der Waals surface area contributed by atoms with Gasteiger partial charge in [-0.1, -0.05) is 29.8 Å². The second-order valence-electron chi connectivity index (χ2n) is 8.27. The lowest BCUT2D eigenvalue weighted by Crippen LogP contribution is -2.19. The van der Waals surface area contributed by atoms with Crippen molar-refractivity contribution in [3.05, 3.63) is 58.9 Å². The predicted octanol–water partition coefficient (Wildman–Crippen LogP) is 5.47. The average molecular weight is 454 g/mol. The molecular weight excluding hydrogens is 426 g/mol. The Morgan fingerprint density at radius 2 is 2.09 bits per heavy atom. The minimum Gasteiger partial charge on any atom is -0.493 e.